The number of aromatic nitrogens is 1. The van der Waals surface area contributed by atoms with Crippen molar-refractivity contribution in [3.8, 4) is 10.8 Å². The molecule has 3 aromatic rings. The highest BCUT2D eigenvalue weighted by atomic mass is 32.1. The quantitative estimate of drug-likeness (QED) is 0.646. The van der Waals surface area contributed by atoms with Gasteiger partial charge in [0.2, 0.25) is 0 Å². The Balaban J connectivity index is 1.53. The molecule has 1 saturated heterocycles. The average molecular weight is 374 g/mol. The second-order valence-corrected chi connectivity index (χ2v) is 7.81. The van der Waals surface area contributed by atoms with Gasteiger partial charge in [0.25, 0.3) is 5.91 Å². The van der Waals surface area contributed by atoms with Crippen molar-refractivity contribution in [2.24, 2.45) is 0 Å². The molecule has 1 unspecified atom stereocenters. The van der Waals surface area contributed by atoms with Gasteiger partial charge in [0.1, 0.15) is 5.69 Å². The summed E-state index contributed by atoms with van der Waals surface area (Å²) in [6, 6.07) is 7.73. The van der Waals surface area contributed by atoms with E-state index in [1.165, 1.54) is 11.3 Å². The highest BCUT2D eigenvalue weighted by Crippen LogP contribution is 2.25. The molecule has 130 valence electrons. The van der Waals surface area contributed by atoms with Crippen molar-refractivity contribution in [1.82, 2.24) is 9.88 Å². The summed E-state index contributed by atoms with van der Waals surface area (Å²) in [5, 5.41) is 4.56. The maximum absolute atomic E-state index is 13.0. The molecule has 1 amide bonds. The van der Waals surface area contributed by atoms with E-state index in [1.807, 2.05) is 28.5 Å². The van der Waals surface area contributed by atoms with Crippen LogP contribution in [0.25, 0.3) is 10.8 Å². The van der Waals surface area contributed by atoms with Crippen molar-refractivity contribution in [2.75, 3.05) is 13.2 Å². The Hall–Kier alpha value is -1.96. The lowest BCUT2D eigenvalue weighted by Gasteiger charge is -2.24. The molecule has 0 bridgehead atoms. The van der Waals surface area contributed by atoms with E-state index in [0.717, 1.165) is 29.3 Å². The summed E-state index contributed by atoms with van der Waals surface area (Å²) in [5.74, 6) is 0.630. The van der Waals surface area contributed by atoms with E-state index in [1.54, 1.807) is 23.0 Å². The fourth-order valence-corrected chi connectivity index (χ4v) is 4.37. The number of hydrogen-bond acceptors (Lipinski definition) is 6. The molecule has 1 aliphatic rings. The summed E-state index contributed by atoms with van der Waals surface area (Å²) in [4.78, 5) is 20.5. The topological polar surface area (TPSA) is 55.6 Å². The number of carbonyl (C=O) groups excluding carboxylic acids is 1. The van der Waals surface area contributed by atoms with Gasteiger partial charge in [-0.3, -0.25) is 4.79 Å². The third kappa shape index (κ3) is 3.84. The van der Waals surface area contributed by atoms with Gasteiger partial charge in [0.05, 0.1) is 18.9 Å². The number of ether oxygens (including phenoxy) is 1. The predicted octanol–water partition coefficient (Wildman–Crippen LogP) is 4.29. The summed E-state index contributed by atoms with van der Waals surface area (Å²) in [5.41, 5.74) is 0.464. The van der Waals surface area contributed by atoms with Crippen molar-refractivity contribution in [2.45, 2.75) is 25.5 Å². The molecule has 0 spiro atoms. The Kier molecular flexibility index (Phi) is 4.96. The molecule has 0 aliphatic carbocycles. The molecule has 1 fully saturated rings. The Morgan fingerprint density at radius 2 is 2.28 bits per heavy atom. The third-order valence-electron chi connectivity index (χ3n) is 4.12. The fraction of sp³-hybridized carbons (Fsp3) is 0.333. The Bertz CT molecular complexity index is 805. The summed E-state index contributed by atoms with van der Waals surface area (Å²) < 4.78 is 11.1. The Morgan fingerprint density at radius 3 is 3.00 bits per heavy atom. The van der Waals surface area contributed by atoms with Gasteiger partial charge in [-0.2, -0.15) is 0 Å². The van der Waals surface area contributed by atoms with E-state index >= 15 is 0 Å². The fourth-order valence-electron chi connectivity index (χ4n) is 2.89. The molecular formula is C18H18N2O3S2. The van der Waals surface area contributed by atoms with Crippen LogP contribution in [0, 0.1) is 0 Å². The van der Waals surface area contributed by atoms with Crippen LogP contribution in [0.2, 0.25) is 0 Å². The number of thiazole rings is 1. The van der Waals surface area contributed by atoms with Gasteiger partial charge in [-0.05, 0) is 36.4 Å². The van der Waals surface area contributed by atoms with Gasteiger partial charge in [-0.25, -0.2) is 4.98 Å². The first-order chi connectivity index (χ1) is 12.3. The van der Waals surface area contributed by atoms with E-state index in [2.05, 4.69) is 11.1 Å². The Labute approximate surface area is 153 Å². The molecule has 0 aromatic carbocycles. The summed E-state index contributed by atoms with van der Waals surface area (Å²) in [6.45, 7) is 1.97. The monoisotopic (exact) mass is 374 g/mol. The van der Waals surface area contributed by atoms with Crippen LogP contribution in [0.3, 0.4) is 0 Å². The zero-order valence-electron chi connectivity index (χ0n) is 13.6. The molecule has 3 aromatic heterocycles. The van der Waals surface area contributed by atoms with Crippen molar-refractivity contribution in [1.29, 1.82) is 0 Å². The maximum Gasteiger partial charge on any atom is 0.273 e. The number of thiophene rings is 1. The molecule has 0 N–H and O–H groups in total. The second-order valence-electron chi connectivity index (χ2n) is 5.92. The average Bonchev–Trinajstić information content (AvgIpc) is 3.41. The number of amides is 1. The predicted molar refractivity (Wildman–Crippen MR) is 97.8 cm³/mol. The third-order valence-corrected chi connectivity index (χ3v) is 5.84. The first-order valence-electron chi connectivity index (χ1n) is 8.22. The molecule has 1 aliphatic heterocycles. The van der Waals surface area contributed by atoms with Crippen molar-refractivity contribution >= 4 is 28.6 Å². The molecule has 4 heterocycles. The lowest BCUT2D eigenvalue weighted by molar-refractivity contribution is 0.0506. The van der Waals surface area contributed by atoms with Gasteiger partial charge in [0.15, 0.2) is 10.8 Å². The number of rotatable bonds is 6. The van der Waals surface area contributed by atoms with Crippen LogP contribution in [-0.2, 0) is 11.3 Å². The van der Waals surface area contributed by atoms with E-state index in [-0.39, 0.29) is 12.0 Å². The van der Waals surface area contributed by atoms with E-state index in [0.29, 0.717) is 24.5 Å². The van der Waals surface area contributed by atoms with Crippen molar-refractivity contribution in [3.05, 3.63) is 51.9 Å². The number of nitrogens with zero attached hydrogens (tertiary/aromatic N) is 2. The first-order valence-corrected chi connectivity index (χ1v) is 9.98. The minimum absolute atomic E-state index is 0.0574. The van der Waals surface area contributed by atoms with Gasteiger partial charge in [-0.15, -0.1) is 22.7 Å². The van der Waals surface area contributed by atoms with Crippen LogP contribution in [0.4, 0.5) is 0 Å². The van der Waals surface area contributed by atoms with Gasteiger partial charge in [0, 0.05) is 23.4 Å². The van der Waals surface area contributed by atoms with Crippen LogP contribution < -0.4 is 0 Å². The molecule has 25 heavy (non-hydrogen) atoms. The lowest BCUT2D eigenvalue weighted by atomic mass is 10.2. The van der Waals surface area contributed by atoms with Gasteiger partial charge in [-0.1, -0.05) is 6.07 Å². The Morgan fingerprint density at radius 1 is 1.32 bits per heavy atom. The second kappa shape index (κ2) is 7.51. The molecule has 0 saturated carbocycles. The summed E-state index contributed by atoms with van der Waals surface area (Å²) in [7, 11) is 0. The number of carbonyl (C=O) groups is 1. The van der Waals surface area contributed by atoms with E-state index in [9.17, 15) is 4.79 Å². The molecular weight excluding hydrogens is 356 g/mol. The van der Waals surface area contributed by atoms with Crippen LogP contribution in [0.15, 0.2) is 45.7 Å². The van der Waals surface area contributed by atoms with Crippen LogP contribution in [0.1, 0.15) is 28.2 Å². The SMILES string of the molecule is O=C(c1csc(-c2ccco2)n1)N(Cc1cccs1)CC1CCCO1. The molecule has 5 nitrogen and oxygen atoms in total. The minimum Gasteiger partial charge on any atom is -0.462 e. The zero-order chi connectivity index (χ0) is 17.1. The van der Waals surface area contributed by atoms with E-state index in [4.69, 9.17) is 9.15 Å². The highest BCUT2D eigenvalue weighted by Gasteiger charge is 2.25. The van der Waals surface area contributed by atoms with Gasteiger partial charge >= 0.3 is 0 Å². The largest absolute Gasteiger partial charge is 0.462 e. The summed E-state index contributed by atoms with van der Waals surface area (Å²) >= 11 is 3.08. The van der Waals surface area contributed by atoms with E-state index < -0.39 is 0 Å². The molecule has 4 rings (SSSR count). The number of hydrogen-bond donors (Lipinski definition) is 0. The normalized spacial score (nSPS) is 17.0. The maximum atomic E-state index is 13.0. The summed E-state index contributed by atoms with van der Waals surface area (Å²) in [6.07, 6.45) is 3.79. The van der Waals surface area contributed by atoms with Crippen LogP contribution >= 0.6 is 22.7 Å². The molecule has 0 radical (unpaired) electrons. The lowest BCUT2D eigenvalue weighted by Crippen LogP contribution is -2.36. The smallest absolute Gasteiger partial charge is 0.273 e. The minimum atomic E-state index is -0.0574. The van der Waals surface area contributed by atoms with Crippen molar-refractivity contribution in [3.63, 3.8) is 0 Å². The molecule has 7 heteroatoms. The highest BCUT2D eigenvalue weighted by molar-refractivity contribution is 7.13. The van der Waals surface area contributed by atoms with Gasteiger partial charge < -0.3 is 14.1 Å². The standard InChI is InChI=1S/C18H18N2O3S2/c21-18(15-12-25-17(19-15)16-6-2-8-23-16)20(10-13-4-1-7-22-13)11-14-5-3-9-24-14/h2-3,5-6,8-9,12-13H,1,4,7,10-11H2. The zero-order valence-corrected chi connectivity index (χ0v) is 15.2. The number of furan rings is 1. The van der Waals surface area contributed by atoms with Crippen LogP contribution in [-0.4, -0.2) is 35.0 Å². The first kappa shape index (κ1) is 16.5. The molecule has 1 atom stereocenters. The van der Waals surface area contributed by atoms with Crippen molar-refractivity contribution < 1.29 is 13.9 Å². The van der Waals surface area contributed by atoms with Crippen LogP contribution in [0.5, 0.6) is 0 Å².